The molecule has 3 atom stereocenters. The van der Waals surface area contributed by atoms with Crippen LogP contribution in [0.15, 0.2) is 70.9 Å². The second kappa shape index (κ2) is 8.26. The molecule has 1 unspecified atom stereocenters. The molecule has 2 aromatic rings. The van der Waals surface area contributed by atoms with Crippen LogP contribution >= 0.6 is 0 Å². The number of benzene rings is 2. The van der Waals surface area contributed by atoms with Crippen LogP contribution < -0.4 is 0 Å². The Balaban J connectivity index is 1.80. The summed E-state index contributed by atoms with van der Waals surface area (Å²) in [6.07, 6.45) is 0.925. The van der Waals surface area contributed by atoms with Gasteiger partial charge < -0.3 is 4.74 Å². The number of allylic oxidation sites excluding steroid dienone is 2. The van der Waals surface area contributed by atoms with Crippen molar-refractivity contribution in [3.8, 4) is 0 Å². The summed E-state index contributed by atoms with van der Waals surface area (Å²) in [6, 6.07) is 15.9. The zero-order valence-electron chi connectivity index (χ0n) is 17.3. The Hall–Kier alpha value is -3.61. The van der Waals surface area contributed by atoms with Crippen molar-refractivity contribution in [2.45, 2.75) is 31.6 Å². The van der Waals surface area contributed by atoms with Crippen LogP contribution in [-0.4, -0.2) is 29.5 Å². The van der Waals surface area contributed by atoms with E-state index in [1.807, 2.05) is 30.3 Å². The van der Waals surface area contributed by atoms with Crippen molar-refractivity contribution in [3.05, 3.63) is 87.1 Å². The van der Waals surface area contributed by atoms with Crippen LogP contribution in [-0.2, 0) is 14.3 Å². The SMILES string of the molecule is COC(=O)C1C(C)=NC2=C(C(=O)C[C@@H](c3ccccc3)C2)[C@H]1c1ccc([N+](=O)[O-])cc1. The van der Waals surface area contributed by atoms with E-state index in [2.05, 4.69) is 4.99 Å². The van der Waals surface area contributed by atoms with Gasteiger partial charge >= 0.3 is 5.97 Å². The molecule has 0 radical (unpaired) electrons. The highest BCUT2D eigenvalue weighted by Gasteiger charge is 2.44. The van der Waals surface area contributed by atoms with Gasteiger partial charge in [0, 0.05) is 41.5 Å². The minimum Gasteiger partial charge on any atom is -0.468 e. The molecule has 0 saturated carbocycles. The van der Waals surface area contributed by atoms with E-state index in [1.54, 1.807) is 19.1 Å². The first kappa shape index (κ1) is 20.7. The van der Waals surface area contributed by atoms with E-state index in [0.29, 0.717) is 35.4 Å². The van der Waals surface area contributed by atoms with E-state index in [-0.39, 0.29) is 17.4 Å². The van der Waals surface area contributed by atoms with Crippen molar-refractivity contribution >= 4 is 23.2 Å². The minimum absolute atomic E-state index is 0.0242. The van der Waals surface area contributed by atoms with Crippen LogP contribution in [0.25, 0.3) is 0 Å². The fourth-order valence-corrected chi connectivity index (χ4v) is 4.62. The van der Waals surface area contributed by atoms with E-state index in [4.69, 9.17) is 4.74 Å². The Bertz CT molecular complexity index is 1100. The number of Topliss-reactive ketones (excluding diaryl/α,β-unsaturated/α-hetero) is 1. The first-order chi connectivity index (χ1) is 14.9. The third-order valence-corrected chi connectivity index (χ3v) is 6.08. The largest absolute Gasteiger partial charge is 0.468 e. The number of hydrogen-bond donors (Lipinski definition) is 0. The Morgan fingerprint density at radius 3 is 2.35 bits per heavy atom. The normalized spacial score (nSPS) is 23.1. The summed E-state index contributed by atoms with van der Waals surface area (Å²) in [5.74, 6) is -1.83. The summed E-state index contributed by atoms with van der Waals surface area (Å²) in [4.78, 5) is 41.3. The summed E-state index contributed by atoms with van der Waals surface area (Å²) in [6.45, 7) is 1.76. The molecule has 2 aliphatic rings. The van der Waals surface area contributed by atoms with Gasteiger partial charge in [0.2, 0.25) is 0 Å². The van der Waals surface area contributed by atoms with Crippen molar-refractivity contribution in [3.63, 3.8) is 0 Å². The predicted molar refractivity (Wildman–Crippen MR) is 115 cm³/mol. The quantitative estimate of drug-likeness (QED) is 0.418. The van der Waals surface area contributed by atoms with Gasteiger partial charge in [-0.05, 0) is 30.4 Å². The second-order valence-electron chi connectivity index (χ2n) is 7.88. The third-order valence-electron chi connectivity index (χ3n) is 6.08. The van der Waals surface area contributed by atoms with Gasteiger partial charge in [0.1, 0.15) is 5.92 Å². The first-order valence-electron chi connectivity index (χ1n) is 10.1. The van der Waals surface area contributed by atoms with Crippen molar-refractivity contribution in [1.29, 1.82) is 0 Å². The average Bonchev–Trinajstić information content (AvgIpc) is 2.78. The third kappa shape index (κ3) is 3.79. The van der Waals surface area contributed by atoms with Crippen LogP contribution in [0.1, 0.15) is 42.7 Å². The number of carbonyl (C=O) groups excluding carboxylic acids is 2. The molecule has 0 N–H and O–H groups in total. The summed E-state index contributed by atoms with van der Waals surface area (Å²) in [7, 11) is 1.31. The lowest BCUT2D eigenvalue weighted by molar-refractivity contribution is -0.384. The van der Waals surface area contributed by atoms with E-state index < -0.39 is 22.7 Å². The van der Waals surface area contributed by atoms with Crippen molar-refractivity contribution < 1.29 is 19.2 Å². The molecular formula is C24H22N2O5. The average molecular weight is 418 g/mol. The number of nitro groups is 1. The van der Waals surface area contributed by atoms with Crippen molar-refractivity contribution in [2.24, 2.45) is 10.9 Å². The Labute approximate surface area is 179 Å². The van der Waals surface area contributed by atoms with Crippen molar-refractivity contribution in [1.82, 2.24) is 0 Å². The molecule has 1 heterocycles. The lowest BCUT2D eigenvalue weighted by Gasteiger charge is -2.36. The molecule has 0 spiro atoms. The minimum atomic E-state index is -0.748. The molecule has 0 saturated heterocycles. The standard InChI is InChI=1S/C24H22N2O5/c1-14-21(24(28)31-2)22(16-8-10-18(11-9-16)26(29)30)23-19(25-14)12-17(13-20(23)27)15-6-4-3-5-7-15/h3-11,17,21-22H,12-13H2,1-2H3/t17-,21?,22-/m0/s1. The number of nitro benzene ring substituents is 1. The Morgan fingerprint density at radius 2 is 1.74 bits per heavy atom. The molecule has 1 aliphatic heterocycles. The molecule has 7 heteroatoms. The number of hydrogen-bond acceptors (Lipinski definition) is 6. The molecule has 0 aromatic heterocycles. The van der Waals surface area contributed by atoms with Crippen LogP contribution in [0.3, 0.4) is 0 Å². The van der Waals surface area contributed by atoms with Crippen LogP contribution in [0.2, 0.25) is 0 Å². The van der Waals surface area contributed by atoms with Gasteiger partial charge in [-0.25, -0.2) is 0 Å². The zero-order chi connectivity index (χ0) is 22.1. The Morgan fingerprint density at radius 1 is 1.06 bits per heavy atom. The number of carbonyl (C=O) groups is 2. The number of ether oxygens (including phenoxy) is 1. The molecule has 0 bridgehead atoms. The number of rotatable bonds is 4. The van der Waals surface area contributed by atoms with Crippen LogP contribution in [0.5, 0.6) is 0 Å². The van der Waals surface area contributed by atoms with Crippen molar-refractivity contribution in [2.75, 3.05) is 7.11 Å². The van der Waals surface area contributed by atoms with E-state index >= 15 is 0 Å². The van der Waals surface area contributed by atoms with Gasteiger partial charge in [-0.3, -0.25) is 24.7 Å². The molecule has 1 aliphatic carbocycles. The Kier molecular flexibility index (Phi) is 5.50. The van der Waals surface area contributed by atoms with E-state index in [0.717, 1.165) is 5.56 Å². The monoisotopic (exact) mass is 418 g/mol. The summed E-state index contributed by atoms with van der Waals surface area (Å²) < 4.78 is 5.02. The van der Waals surface area contributed by atoms with Gasteiger partial charge in [0.05, 0.1) is 12.0 Å². The smallest absolute Gasteiger partial charge is 0.315 e. The molecule has 0 fully saturated rings. The molecule has 4 rings (SSSR count). The van der Waals surface area contributed by atoms with Crippen LogP contribution in [0, 0.1) is 16.0 Å². The fourth-order valence-electron chi connectivity index (χ4n) is 4.62. The van der Waals surface area contributed by atoms with Gasteiger partial charge in [-0.2, -0.15) is 0 Å². The topological polar surface area (TPSA) is 98.9 Å². The molecule has 158 valence electrons. The van der Waals surface area contributed by atoms with Gasteiger partial charge in [-0.15, -0.1) is 0 Å². The van der Waals surface area contributed by atoms with Gasteiger partial charge in [0.15, 0.2) is 5.78 Å². The lowest BCUT2D eigenvalue weighted by atomic mass is 9.69. The van der Waals surface area contributed by atoms with E-state index in [9.17, 15) is 19.7 Å². The number of non-ortho nitro benzene ring substituents is 1. The first-order valence-corrected chi connectivity index (χ1v) is 10.1. The van der Waals surface area contributed by atoms with E-state index in [1.165, 1.54) is 19.2 Å². The van der Waals surface area contributed by atoms with Crippen LogP contribution in [0.4, 0.5) is 5.69 Å². The fraction of sp³-hybridized carbons (Fsp3) is 0.292. The molecule has 7 nitrogen and oxygen atoms in total. The molecule has 2 aromatic carbocycles. The van der Waals surface area contributed by atoms with Gasteiger partial charge in [0.25, 0.3) is 5.69 Å². The zero-order valence-corrected chi connectivity index (χ0v) is 17.3. The maximum absolute atomic E-state index is 13.3. The molecule has 31 heavy (non-hydrogen) atoms. The number of methoxy groups -OCH3 is 1. The number of aliphatic imine (C=N–C) groups is 1. The summed E-state index contributed by atoms with van der Waals surface area (Å²) in [5.41, 5.74) is 3.47. The highest BCUT2D eigenvalue weighted by atomic mass is 16.6. The lowest BCUT2D eigenvalue weighted by Crippen LogP contribution is -2.37. The summed E-state index contributed by atoms with van der Waals surface area (Å²) >= 11 is 0. The number of ketones is 1. The summed E-state index contributed by atoms with van der Waals surface area (Å²) in [5, 5.41) is 11.1. The predicted octanol–water partition coefficient (Wildman–Crippen LogP) is 4.34. The molecular weight excluding hydrogens is 396 g/mol. The highest BCUT2D eigenvalue weighted by Crippen LogP contribution is 2.46. The van der Waals surface area contributed by atoms with Gasteiger partial charge in [-0.1, -0.05) is 42.5 Å². The number of esters is 1. The maximum Gasteiger partial charge on any atom is 0.315 e. The number of nitrogens with zero attached hydrogens (tertiary/aromatic N) is 2. The molecule has 0 amide bonds. The second-order valence-corrected chi connectivity index (χ2v) is 7.88. The maximum atomic E-state index is 13.3. The highest BCUT2D eigenvalue weighted by molar-refractivity contribution is 6.09.